The first-order chi connectivity index (χ1) is 19.4. The molecule has 202 valence electrons. The maximum absolute atomic E-state index is 13.9. The third kappa shape index (κ3) is 4.72. The van der Waals surface area contributed by atoms with E-state index in [0.717, 1.165) is 0 Å². The van der Waals surface area contributed by atoms with Gasteiger partial charge in [-0.05, 0) is 56.3 Å². The highest BCUT2D eigenvalue weighted by Gasteiger charge is 2.35. The summed E-state index contributed by atoms with van der Waals surface area (Å²) < 4.78 is 24.3. The average Bonchev–Trinajstić information content (AvgIpc) is 3.56. The van der Waals surface area contributed by atoms with Gasteiger partial charge in [-0.25, -0.2) is 9.79 Å². The van der Waals surface area contributed by atoms with E-state index in [1.54, 1.807) is 68.5 Å². The Morgan fingerprint density at radius 1 is 1.18 bits per heavy atom. The number of benzene rings is 2. The van der Waals surface area contributed by atoms with E-state index in [0.29, 0.717) is 54.7 Å². The Kier molecular flexibility index (Phi) is 7.40. The number of furan rings is 1. The van der Waals surface area contributed by atoms with Crippen LogP contribution in [0.5, 0.6) is 11.5 Å². The van der Waals surface area contributed by atoms with Crippen LogP contribution in [0.2, 0.25) is 0 Å². The van der Waals surface area contributed by atoms with Gasteiger partial charge in [-0.2, -0.15) is 5.26 Å². The summed E-state index contributed by atoms with van der Waals surface area (Å²) in [6.07, 6.45) is 1.63. The van der Waals surface area contributed by atoms with Gasteiger partial charge in [-0.3, -0.25) is 9.36 Å². The van der Waals surface area contributed by atoms with Crippen molar-refractivity contribution in [3.63, 3.8) is 0 Å². The highest BCUT2D eigenvalue weighted by Crippen LogP contribution is 2.38. The van der Waals surface area contributed by atoms with Crippen LogP contribution in [-0.4, -0.2) is 31.4 Å². The quantitative estimate of drug-likeness (QED) is 0.317. The lowest BCUT2D eigenvalue weighted by molar-refractivity contribution is -0.139. The number of esters is 1. The summed E-state index contributed by atoms with van der Waals surface area (Å²) in [5, 5.41) is 9.45. The Morgan fingerprint density at radius 3 is 2.70 bits per heavy atom. The molecule has 0 saturated heterocycles. The number of carbonyl (C=O) groups is 1. The second kappa shape index (κ2) is 11.1. The van der Waals surface area contributed by atoms with E-state index in [1.807, 2.05) is 6.07 Å². The Hall–Kier alpha value is -4.88. The van der Waals surface area contributed by atoms with Gasteiger partial charge in [0.1, 0.15) is 29.1 Å². The first-order valence-electron chi connectivity index (χ1n) is 12.4. The standard InChI is InChI=1S/C30H25N3O6S/c1-5-38-29(35)26-17(2)32-30-33(27(26)22-14-19(36-3)10-12-23(22)37-4)28(34)25(40-30)15-20-11-13-24(39-20)21-9-7-6-8-18(21)16-31/h6-15,27H,5H2,1-4H3/b25-15-/t27-/m0/s1. The highest BCUT2D eigenvalue weighted by molar-refractivity contribution is 7.07. The summed E-state index contributed by atoms with van der Waals surface area (Å²) in [5.41, 5.74) is 2.02. The van der Waals surface area contributed by atoms with Gasteiger partial charge in [0.05, 0.1) is 48.3 Å². The molecule has 0 bridgehead atoms. The third-order valence-electron chi connectivity index (χ3n) is 6.46. The SMILES string of the molecule is CCOC(=O)C1=C(C)N=c2s/c(=C\c3ccc(-c4ccccc4C#N)o3)c(=O)n2[C@H]1c1cc(OC)ccc1OC. The van der Waals surface area contributed by atoms with Crippen LogP contribution in [0.4, 0.5) is 0 Å². The van der Waals surface area contributed by atoms with E-state index in [2.05, 4.69) is 11.1 Å². The van der Waals surface area contributed by atoms with Gasteiger partial charge in [-0.15, -0.1) is 0 Å². The number of allylic oxidation sites excluding steroid dienone is 1. The minimum absolute atomic E-state index is 0.164. The smallest absolute Gasteiger partial charge is 0.338 e. The second-order valence-corrected chi connectivity index (χ2v) is 9.78. The van der Waals surface area contributed by atoms with Crippen LogP contribution in [0.15, 0.2) is 80.1 Å². The van der Waals surface area contributed by atoms with Crippen LogP contribution in [0.1, 0.15) is 36.8 Å². The predicted molar refractivity (Wildman–Crippen MR) is 149 cm³/mol. The van der Waals surface area contributed by atoms with Crippen LogP contribution in [0.25, 0.3) is 17.4 Å². The number of fused-ring (bicyclic) bond motifs is 1. The molecular weight excluding hydrogens is 530 g/mol. The van der Waals surface area contributed by atoms with E-state index >= 15 is 0 Å². The number of carbonyl (C=O) groups excluding carboxylic acids is 1. The maximum atomic E-state index is 13.9. The topological polar surface area (TPSA) is 116 Å². The summed E-state index contributed by atoms with van der Waals surface area (Å²) in [7, 11) is 3.06. The minimum Gasteiger partial charge on any atom is -0.497 e. The fourth-order valence-corrected chi connectivity index (χ4v) is 5.67. The van der Waals surface area contributed by atoms with Gasteiger partial charge < -0.3 is 18.6 Å². The molecule has 0 fully saturated rings. The second-order valence-electron chi connectivity index (χ2n) is 8.77. The molecule has 1 atom stereocenters. The molecule has 40 heavy (non-hydrogen) atoms. The van der Waals surface area contributed by atoms with Gasteiger partial charge >= 0.3 is 5.97 Å². The number of methoxy groups -OCH3 is 2. The zero-order valence-electron chi connectivity index (χ0n) is 22.3. The van der Waals surface area contributed by atoms with Gasteiger partial charge in [0.2, 0.25) is 0 Å². The van der Waals surface area contributed by atoms with E-state index in [4.69, 9.17) is 18.6 Å². The molecule has 2 aromatic carbocycles. The van der Waals surface area contributed by atoms with Gasteiger partial charge in [0.15, 0.2) is 4.80 Å². The first-order valence-corrected chi connectivity index (χ1v) is 13.2. The largest absolute Gasteiger partial charge is 0.497 e. The number of ether oxygens (including phenoxy) is 3. The average molecular weight is 556 g/mol. The molecule has 0 spiro atoms. The van der Waals surface area contributed by atoms with Crippen LogP contribution < -0.4 is 24.4 Å². The van der Waals surface area contributed by atoms with Crippen molar-refractivity contribution in [2.45, 2.75) is 19.9 Å². The van der Waals surface area contributed by atoms with Crippen molar-refractivity contribution in [2.75, 3.05) is 20.8 Å². The normalized spacial score (nSPS) is 14.8. The van der Waals surface area contributed by atoms with E-state index in [1.165, 1.54) is 30.1 Å². The molecule has 2 aromatic heterocycles. The summed E-state index contributed by atoms with van der Waals surface area (Å²) in [4.78, 5) is 32.1. The fourth-order valence-electron chi connectivity index (χ4n) is 4.64. The summed E-state index contributed by atoms with van der Waals surface area (Å²) in [6, 6.07) is 17.1. The van der Waals surface area contributed by atoms with Crippen molar-refractivity contribution in [1.29, 1.82) is 5.26 Å². The Morgan fingerprint density at radius 2 is 1.98 bits per heavy atom. The number of hydrogen-bond acceptors (Lipinski definition) is 9. The van der Waals surface area contributed by atoms with Crippen molar-refractivity contribution in [1.82, 2.24) is 4.57 Å². The number of hydrogen-bond donors (Lipinski definition) is 0. The number of aromatic nitrogens is 1. The van der Waals surface area contributed by atoms with Gasteiger partial charge in [0, 0.05) is 17.2 Å². The molecule has 0 unspecified atom stereocenters. The lowest BCUT2D eigenvalue weighted by Gasteiger charge is -2.26. The molecular formula is C30H25N3O6S. The van der Waals surface area contributed by atoms with Crippen molar-refractivity contribution < 1.29 is 23.4 Å². The molecule has 0 amide bonds. The van der Waals surface area contributed by atoms with Crippen molar-refractivity contribution in [3.8, 4) is 28.9 Å². The summed E-state index contributed by atoms with van der Waals surface area (Å²) in [5.74, 6) is 1.39. The number of rotatable bonds is 7. The van der Waals surface area contributed by atoms with Gasteiger partial charge in [0.25, 0.3) is 5.56 Å². The van der Waals surface area contributed by atoms with Crippen LogP contribution in [-0.2, 0) is 9.53 Å². The molecule has 0 radical (unpaired) electrons. The zero-order valence-corrected chi connectivity index (χ0v) is 23.1. The number of thiazole rings is 1. The zero-order chi connectivity index (χ0) is 28.4. The molecule has 0 saturated carbocycles. The monoisotopic (exact) mass is 555 g/mol. The maximum Gasteiger partial charge on any atom is 0.338 e. The van der Waals surface area contributed by atoms with Crippen molar-refractivity contribution in [3.05, 3.63) is 102 Å². The summed E-state index contributed by atoms with van der Waals surface area (Å²) in [6.45, 7) is 3.60. The van der Waals surface area contributed by atoms with E-state index < -0.39 is 12.0 Å². The highest BCUT2D eigenvalue weighted by atomic mass is 32.1. The van der Waals surface area contributed by atoms with E-state index in [9.17, 15) is 14.9 Å². The number of nitriles is 1. The van der Waals surface area contributed by atoms with E-state index in [-0.39, 0.29) is 17.7 Å². The van der Waals surface area contributed by atoms with Crippen molar-refractivity contribution in [2.24, 2.45) is 4.99 Å². The molecule has 10 heteroatoms. The molecule has 9 nitrogen and oxygen atoms in total. The Bertz CT molecular complexity index is 1870. The fraction of sp³-hybridized carbons (Fsp3) is 0.200. The molecule has 3 heterocycles. The third-order valence-corrected chi connectivity index (χ3v) is 7.44. The molecule has 5 rings (SSSR count). The minimum atomic E-state index is -0.864. The predicted octanol–water partition coefficient (Wildman–Crippen LogP) is 3.95. The Labute approximate surface area is 233 Å². The van der Waals surface area contributed by atoms with Gasteiger partial charge in [-0.1, -0.05) is 23.5 Å². The molecule has 0 aliphatic carbocycles. The lowest BCUT2D eigenvalue weighted by Crippen LogP contribution is -2.40. The Balaban J connectivity index is 1.69. The first kappa shape index (κ1) is 26.7. The molecule has 0 N–H and O–H groups in total. The number of nitrogens with zero attached hydrogens (tertiary/aromatic N) is 3. The van der Waals surface area contributed by atoms with Crippen molar-refractivity contribution >= 4 is 23.4 Å². The van der Waals surface area contributed by atoms with Crippen LogP contribution in [0, 0.1) is 11.3 Å². The molecule has 1 aliphatic rings. The molecule has 1 aliphatic heterocycles. The summed E-state index contributed by atoms with van der Waals surface area (Å²) >= 11 is 1.18. The lowest BCUT2D eigenvalue weighted by atomic mass is 9.95. The van der Waals surface area contributed by atoms with Crippen LogP contribution >= 0.6 is 11.3 Å². The molecule has 4 aromatic rings. The van der Waals surface area contributed by atoms with Crippen LogP contribution in [0.3, 0.4) is 0 Å².